The van der Waals surface area contributed by atoms with Crippen molar-refractivity contribution in [3.8, 4) is 0 Å². The van der Waals surface area contributed by atoms with Crippen LogP contribution in [0.25, 0.3) is 0 Å². The Morgan fingerprint density at radius 1 is 1.17 bits per heavy atom. The molecule has 1 aliphatic rings. The highest BCUT2D eigenvalue weighted by molar-refractivity contribution is 6.31. The van der Waals surface area contributed by atoms with Gasteiger partial charge in [0.15, 0.2) is 11.0 Å². The molecule has 3 rings (SSSR count). The van der Waals surface area contributed by atoms with Gasteiger partial charge in [-0.25, -0.2) is 14.8 Å². The lowest BCUT2D eigenvalue weighted by Crippen LogP contribution is -2.32. The zero-order valence-electron chi connectivity index (χ0n) is 16.9. The highest BCUT2D eigenvalue weighted by atomic mass is 35.5. The number of carboxylic acid groups (broad SMARTS) is 1. The number of halogens is 4. The van der Waals surface area contributed by atoms with Crippen LogP contribution in [0.5, 0.6) is 0 Å². The van der Waals surface area contributed by atoms with Gasteiger partial charge in [-0.05, 0) is 26.3 Å². The lowest BCUT2D eigenvalue weighted by Gasteiger charge is -2.29. The van der Waals surface area contributed by atoms with Crippen LogP contribution in [0.3, 0.4) is 0 Å². The molecule has 0 unspecified atom stereocenters. The van der Waals surface area contributed by atoms with E-state index in [2.05, 4.69) is 60.2 Å². The van der Waals surface area contributed by atoms with E-state index < -0.39 is 12.1 Å². The maximum Gasteiger partial charge on any atom is 0.490 e. The number of rotatable bonds is 3. The van der Waals surface area contributed by atoms with Gasteiger partial charge >= 0.3 is 12.1 Å². The molecule has 2 aromatic rings. The summed E-state index contributed by atoms with van der Waals surface area (Å²) in [4.78, 5) is 20.6. The maximum atomic E-state index is 10.6. The number of benzene rings is 1. The van der Waals surface area contributed by atoms with Gasteiger partial charge in [-0.2, -0.15) is 13.2 Å². The van der Waals surface area contributed by atoms with Crippen LogP contribution in [0.15, 0.2) is 30.3 Å². The Morgan fingerprint density at radius 3 is 2.30 bits per heavy atom. The Labute approximate surface area is 178 Å². The van der Waals surface area contributed by atoms with E-state index >= 15 is 0 Å². The third-order valence-electron chi connectivity index (χ3n) is 4.03. The summed E-state index contributed by atoms with van der Waals surface area (Å²) in [6, 6.07) is 10.5. The Hall–Kier alpha value is -2.39. The zero-order chi connectivity index (χ0) is 22.5. The molecule has 1 aromatic heterocycles. The van der Waals surface area contributed by atoms with E-state index in [1.807, 2.05) is 6.07 Å². The molecule has 2 heterocycles. The summed E-state index contributed by atoms with van der Waals surface area (Å²) in [6.07, 6.45) is -4.18. The quantitative estimate of drug-likeness (QED) is 0.724. The molecule has 0 spiro atoms. The second-order valence-electron chi connectivity index (χ2n) is 7.88. The fourth-order valence-corrected chi connectivity index (χ4v) is 2.97. The van der Waals surface area contributed by atoms with E-state index in [4.69, 9.17) is 26.5 Å². The second-order valence-corrected chi connectivity index (χ2v) is 8.24. The summed E-state index contributed by atoms with van der Waals surface area (Å²) < 4.78 is 31.7. The fourth-order valence-electron chi connectivity index (χ4n) is 2.77. The monoisotopic (exact) mass is 444 g/mol. The molecule has 6 nitrogen and oxygen atoms in total. The molecule has 0 saturated carbocycles. The minimum Gasteiger partial charge on any atom is -0.475 e. The molecule has 2 N–H and O–H groups in total. The van der Waals surface area contributed by atoms with Crippen LogP contribution < -0.4 is 5.32 Å². The van der Waals surface area contributed by atoms with Crippen molar-refractivity contribution in [2.24, 2.45) is 0 Å². The molecule has 1 aliphatic heterocycles. The first-order chi connectivity index (χ1) is 13.8. The molecular weight excluding hydrogens is 421 g/mol. The van der Waals surface area contributed by atoms with Crippen molar-refractivity contribution in [2.75, 3.05) is 11.9 Å². The van der Waals surface area contributed by atoms with Gasteiger partial charge in [-0.15, -0.1) is 0 Å². The van der Waals surface area contributed by atoms with Gasteiger partial charge < -0.3 is 10.4 Å². The van der Waals surface area contributed by atoms with Crippen molar-refractivity contribution in [1.82, 2.24) is 14.9 Å². The number of nitrogens with zero attached hydrogens (tertiary/aromatic N) is 3. The topological polar surface area (TPSA) is 78.4 Å². The average molecular weight is 445 g/mol. The molecule has 0 atom stereocenters. The lowest BCUT2D eigenvalue weighted by atomic mass is 10.1. The number of anilines is 1. The summed E-state index contributed by atoms with van der Waals surface area (Å²) >= 11 is 6.32. The van der Waals surface area contributed by atoms with Crippen molar-refractivity contribution in [3.05, 3.63) is 52.4 Å². The standard InChI is InChI=1S/C18H23ClN4.C2HF3O2/c1-18(2,3)22-17-16(19)20-15-12-23(10-9-14(15)21-17)11-13-7-5-4-6-8-13;3-2(4,5)1(6)7/h4-8H,9-12H2,1-3H3,(H,21,22);(H,6,7). The number of nitrogens with one attached hydrogen (secondary N) is 1. The second kappa shape index (κ2) is 9.61. The Bertz CT molecular complexity index is 871. The van der Waals surface area contributed by atoms with Crippen LogP contribution in [0, 0.1) is 0 Å². The van der Waals surface area contributed by atoms with Gasteiger partial charge in [-0.1, -0.05) is 41.9 Å². The Kier molecular flexibility index (Phi) is 7.65. The van der Waals surface area contributed by atoms with Gasteiger partial charge in [-0.3, -0.25) is 4.90 Å². The lowest BCUT2D eigenvalue weighted by molar-refractivity contribution is -0.192. The third-order valence-corrected chi connectivity index (χ3v) is 4.30. The van der Waals surface area contributed by atoms with Crippen molar-refractivity contribution in [1.29, 1.82) is 0 Å². The Morgan fingerprint density at radius 2 is 1.77 bits per heavy atom. The largest absolute Gasteiger partial charge is 0.490 e. The van der Waals surface area contributed by atoms with E-state index in [1.165, 1.54) is 5.56 Å². The first-order valence-electron chi connectivity index (χ1n) is 9.25. The van der Waals surface area contributed by atoms with Gasteiger partial charge in [0, 0.05) is 31.6 Å². The first-order valence-corrected chi connectivity index (χ1v) is 9.63. The van der Waals surface area contributed by atoms with Gasteiger partial charge in [0.05, 0.1) is 11.4 Å². The number of hydrogen-bond donors (Lipinski definition) is 2. The first kappa shape index (κ1) is 23.9. The summed E-state index contributed by atoms with van der Waals surface area (Å²) in [7, 11) is 0. The summed E-state index contributed by atoms with van der Waals surface area (Å²) in [6.45, 7) is 8.99. The van der Waals surface area contributed by atoms with Crippen molar-refractivity contribution < 1.29 is 23.1 Å². The van der Waals surface area contributed by atoms with Crippen LogP contribution in [-0.4, -0.2) is 44.2 Å². The molecular formula is C20H24ClF3N4O2. The van der Waals surface area contributed by atoms with Crippen LogP contribution in [0.4, 0.5) is 19.0 Å². The molecule has 30 heavy (non-hydrogen) atoms. The van der Waals surface area contributed by atoms with Gasteiger partial charge in [0.1, 0.15) is 0 Å². The molecule has 1 aromatic carbocycles. The molecule has 10 heteroatoms. The van der Waals surface area contributed by atoms with Crippen LogP contribution in [0.2, 0.25) is 5.15 Å². The summed E-state index contributed by atoms with van der Waals surface area (Å²) in [5.41, 5.74) is 3.30. The number of carboxylic acids is 1. The fraction of sp³-hybridized carbons (Fsp3) is 0.450. The number of aromatic nitrogens is 2. The Balaban J connectivity index is 0.000000396. The van der Waals surface area contributed by atoms with Crippen LogP contribution >= 0.6 is 11.6 Å². The van der Waals surface area contributed by atoms with Gasteiger partial charge in [0.25, 0.3) is 0 Å². The van der Waals surface area contributed by atoms with Crippen molar-refractivity contribution in [3.63, 3.8) is 0 Å². The number of hydrogen-bond acceptors (Lipinski definition) is 5. The highest BCUT2D eigenvalue weighted by Gasteiger charge is 2.38. The van der Waals surface area contributed by atoms with Crippen LogP contribution in [-0.2, 0) is 24.3 Å². The highest BCUT2D eigenvalue weighted by Crippen LogP contribution is 2.26. The van der Waals surface area contributed by atoms with Crippen molar-refractivity contribution in [2.45, 2.75) is 52.0 Å². The van der Waals surface area contributed by atoms with Crippen LogP contribution in [0.1, 0.15) is 37.7 Å². The molecule has 0 amide bonds. The number of carbonyl (C=O) groups is 1. The summed E-state index contributed by atoms with van der Waals surface area (Å²) in [5, 5.41) is 10.9. The van der Waals surface area contributed by atoms with Gasteiger partial charge in [0.2, 0.25) is 0 Å². The number of fused-ring (bicyclic) bond motifs is 1. The molecule has 0 bridgehead atoms. The smallest absolute Gasteiger partial charge is 0.475 e. The number of alkyl halides is 3. The minimum atomic E-state index is -5.08. The molecule has 164 valence electrons. The normalized spacial score (nSPS) is 14.4. The third kappa shape index (κ3) is 7.46. The predicted octanol–water partition coefficient (Wildman–Crippen LogP) is 4.53. The average Bonchev–Trinajstić information content (AvgIpc) is 2.62. The molecule has 0 saturated heterocycles. The van der Waals surface area contributed by atoms with E-state index in [0.29, 0.717) is 11.0 Å². The molecule has 0 radical (unpaired) electrons. The number of aliphatic carboxylic acids is 1. The molecule has 0 aliphatic carbocycles. The molecule has 0 fully saturated rings. The van der Waals surface area contributed by atoms with E-state index in [-0.39, 0.29) is 5.54 Å². The van der Waals surface area contributed by atoms with E-state index in [9.17, 15) is 13.2 Å². The zero-order valence-corrected chi connectivity index (χ0v) is 17.7. The summed E-state index contributed by atoms with van der Waals surface area (Å²) in [5.74, 6) is -2.07. The maximum absolute atomic E-state index is 10.6. The SMILES string of the molecule is CC(C)(C)Nc1nc2c(nc1Cl)CN(Cc1ccccc1)CC2.O=C(O)C(F)(F)F. The van der Waals surface area contributed by atoms with E-state index in [0.717, 1.165) is 37.4 Å². The van der Waals surface area contributed by atoms with E-state index in [1.54, 1.807) is 0 Å². The minimum absolute atomic E-state index is 0.0828. The predicted molar refractivity (Wildman–Crippen MR) is 108 cm³/mol. The van der Waals surface area contributed by atoms with Crippen molar-refractivity contribution >= 4 is 23.4 Å².